The molecule has 0 aliphatic heterocycles. The highest BCUT2D eigenvalue weighted by atomic mass is 19.4. The summed E-state index contributed by atoms with van der Waals surface area (Å²) in [7, 11) is 0. The molecule has 0 bridgehead atoms. The Morgan fingerprint density at radius 3 is 2.88 bits per heavy atom. The van der Waals surface area contributed by atoms with Crippen LogP contribution < -0.4 is 5.32 Å². The number of nitrogens with one attached hydrogen (secondary N) is 2. The van der Waals surface area contributed by atoms with Gasteiger partial charge in [0.15, 0.2) is 5.69 Å². The first-order valence-corrected chi connectivity index (χ1v) is 4.51. The van der Waals surface area contributed by atoms with Crippen molar-refractivity contribution in [1.82, 2.24) is 30.9 Å². The second-order valence-electron chi connectivity index (χ2n) is 3.09. The van der Waals surface area contributed by atoms with E-state index in [0.29, 0.717) is 5.69 Å². The zero-order chi connectivity index (χ0) is 12.3. The third-order valence-electron chi connectivity index (χ3n) is 1.71. The Bertz CT molecular complexity index is 464. The smallest absolute Gasteiger partial charge is 0.337 e. The van der Waals surface area contributed by atoms with Gasteiger partial charge in [-0.25, -0.2) is 0 Å². The maximum absolute atomic E-state index is 11.8. The van der Waals surface area contributed by atoms with Gasteiger partial charge in [0.1, 0.15) is 0 Å². The van der Waals surface area contributed by atoms with Gasteiger partial charge in [0, 0.05) is 0 Å². The van der Waals surface area contributed by atoms with E-state index in [1.165, 1.54) is 6.20 Å². The Hall–Kier alpha value is -1.97. The van der Waals surface area contributed by atoms with Crippen LogP contribution in [0.4, 0.5) is 13.2 Å². The molecular weight excluding hydrogens is 241 g/mol. The summed E-state index contributed by atoms with van der Waals surface area (Å²) in [4.78, 5) is 3.84. The fourth-order valence-electron chi connectivity index (χ4n) is 1.05. The van der Waals surface area contributed by atoms with E-state index in [9.17, 15) is 13.2 Å². The van der Waals surface area contributed by atoms with Gasteiger partial charge in [0.05, 0.1) is 19.3 Å². The lowest BCUT2D eigenvalue weighted by Gasteiger charge is -2.05. The summed E-state index contributed by atoms with van der Waals surface area (Å²) in [6.45, 7) is -1.28. The molecule has 17 heavy (non-hydrogen) atoms. The predicted octanol–water partition coefficient (Wildman–Crippen LogP) is 0.507. The van der Waals surface area contributed by atoms with Gasteiger partial charge in [0.25, 0.3) is 0 Å². The minimum atomic E-state index is -4.27. The topological polar surface area (TPSA) is 92.5 Å². The van der Waals surface area contributed by atoms with Crippen molar-refractivity contribution in [3.05, 3.63) is 12.1 Å². The van der Waals surface area contributed by atoms with E-state index in [2.05, 4.69) is 30.9 Å². The van der Waals surface area contributed by atoms with Crippen molar-refractivity contribution in [2.45, 2.75) is 12.7 Å². The van der Waals surface area contributed by atoms with Gasteiger partial charge in [0.2, 0.25) is 11.7 Å². The maximum atomic E-state index is 11.8. The molecule has 2 aromatic rings. The molecular formula is C7H7F3N6O. The van der Waals surface area contributed by atoms with Crippen LogP contribution in [-0.4, -0.2) is 38.3 Å². The number of aromatic amines is 1. The Balaban J connectivity index is 1.91. The largest absolute Gasteiger partial charge is 0.401 e. The lowest BCUT2D eigenvalue weighted by molar-refractivity contribution is -0.125. The van der Waals surface area contributed by atoms with Crippen molar-refractivity contribution >= 4 is 0 Å². The van der Waals surface area contributed by atoms with E-state index < -0.39 is 12.7 Å². The molecule has 0 saturated heterocycles. The summed E-state index contributed by atoms with van der Waals surface area (Å²) in [6, 6.07) is 0. The summed E-state index contributed by atoms with van der Waals surface area (Å²) in [5.74, 6) is 0.217. The third-order valence-corrected chi connectivity index (χ3v) is 1.71. The number of hydrogen-bond donors (Lipinski definition) is 2. The molecule has 0 aliphatic carbocycles. The molecule has 92 valence electrons. The second-order valence-corrected chi connectivity index (χ2v) is 3.09. The van der Waals surface area contributed by atoms with Crippen LogP contribution in [-0.2, 0) is 6.54 Å². The fraction of sp³-hybridized carbons (Fsp3) is 0.429. The van der Waals surface area contributed by atoms with Gasteiger partial charge in [-0.2, -0.15) is 33.6 Å². The number of aromatic nitrogens is 5. The number of rotatable bonds is 4. The highest BCUT2D eigenvalue weighted by molar-refractivity contribution is 5.44. The Morgan fingerprint density at radius 2 is 2.24 bits per heavy atom. The molecule has 0 saturated carbocycles. The molecule has 2 N–H and O–H groups in total. The van der Waals surface area contributed by atoms with E-state index in [1.807, 2.05) is 0 Å². The highest BCUT2D eigenvalue weighted by Crippen LogP contribution is 2.13. The van der Waals surface area contributed by atoms with Gasteiger partial charge in [-0.05, 0) is 0 Å². The van der Waals surface area contributed by atoms with Gasteiger partial charge in [-0.3, -0.25) is 0 Å². The first-order valence-electron chi connectivity index (χ1n) is 4.51. The van der Waals surface area contributed by atoms with E-state index in [4.69, 9.17) is 4.52 Å². The highest BCUT2D eigenvalue weighted by Gasteiger charge is 2.26. The van der Waals surface area contributed by atoms with E-state index in [-0.39, 0.29) is 18.3 Å². The number of halogens is 3. The van der Waals surface area contributed by atoms with Crippen LogP contribution in [0.1, 0.15) is 5.89 Å². The lowest BCUT2D eigenvalue weighted by Crippen LogP contribution is -2.28. The van der Waals surface area contributed by atoms with Crippen LogP contribution in [0.25, 0.3) is 11.5 Å². The standard InChI is InChI=1S/C7H7F3N6O/c8-7(9,10)3-11-2-5-13-6(15-17-5)4-1-12-16-14-4/h1,11H,2-3H2,(H,12,14,16). The molecule has 0 aromatic carbocycles. The molecule has 0 unspecified atom stereocenters. The van der Waals surface area contributed by atoms with Gasteiger partial charge >= 0.3 is 6.18 Å². The lowest BCUT2D eigenvalue weighted by atomic mass is 10.4. The van der Waals surface area contributed by atoms with Crippen LogP contribution in [0.5, 0.6) is 0 Å². The molecule has 0 aliphatic rings. The average molecular weight is 248 g/mol. The molecule has 0 atom stereocenters. The van der Waals surface area contributed by atoms with Crippen LogP contribution >= 0.6 is 0 Å². The molecule has 0 amide bonds. The van der Waals surface area contributed by atoms with Crippen LogP contribution in [0, 0.1) is 0 Å². The first-order chi connectivity index (χ1) is 8.04. The predicted molar refractivity (Wildman–Crippen MR) is 47.4 cm³/mol. The Kier molecular flexibility index (Phi) is 3.04. The molecule has 10 heteroatoms. The molecule has 7 nitrogen and oxygen atoms in total. The molecule has 0 radical (unpaired) electrons. The minimum Gasteiger partial charge on any atom is -0.337 e. The monoisotopic (exact) mass is 248 g/mol. The fourth-order valence-corrected chi connectivity index (χ4v) is 1.05. The van der Waals surface area contributed by atoms with Gasteiger partial charge < -0.3 is 9.84 Å². The first kappa shape index (κ1) is 11.5. The Morgan fingerprint density at radius 1 is 1.41 bits per heavy atom. The SMILES string of the molecule is FC(F)(F)CNCc1nc(-c2cn[nH]n2)no1. The van der Waals surface area contributed by atoms with Crippen molar-refractivity contribution in [3.63, 3.8) is 0 Å². The zero-order valence-electron chi connectivity index (χ0n) is 8.32. The Labute approximate surface area is 92.4 Å². The summed E-state index contributed by atoms with van der Waals surface area (Å²) in [5, 5.41) is 15.3. The van der Waals surface area contributed by atoms with Crippen LogP contribution in [0.3, 0.4) is 0 Å². The van der Waals surface area contributed by atoms with Crippen molar-refractivity contribution in [2.75, 3.05) is 6.54 Å². The summed E-state index contributed by atoms with van der Waals surface area (Å²) < 4.78 is 40.2. The van der Waals surface area contributed by atoms with Crippen molar-refractivity contribution in [1.29, 1.82) is 0 Å². The summed E-state index contributed by atoms with van der Waals surface area (Å²) in [6.07, 6.45) is -2.90. The van der Waals surface area contributed by atoms with Crippen LogP contribution in [0.2, 0.25) is 0 Å². The number of H-pyrrole nitrogens is 1. The average Bonchev–Trinajstić information content (AvgIpc) is 2.83. The van der Waals surface area contributed by atoms with Gasteiger partial charge in [-0.15, -0.1) is 0 Å². The van der Waals surface area contributed by atoms with Crippen molar-refractivity contribution in [3.8, 4) is 11.5 Å². The number of alkyl halides is 3. The normalized spacial score (nSPS) is 11.9. The molecule has 2 aromatic heterocycles. The summed E-state index contributed by atoms with van der Waals surface area (Å²) in [5.41, 5.74) is 0.357. The van der Waals surface area contributed by atoms with E-state index in [1.54, 1.807) is 0 Å². The maximum Gasteiger partial charge on any atom is 0.401 e. The molecule has 0 spiro atoms. The third kappa shape index (κ3) is 3.24. The number of nitrogens with zero attached hydrogens (tertiary/aromatic N) is 4. The van der Waals surface area contributed by atoms with E-state index >= 15 is 0 Å². The molecule has 2 heterocycles. The summed E-state index contributed by atoms with van der Waals surface area (Å²) >= 11 is 0. The van der Waals surface area contributed by atoms with E-state index in [0.717, 1.165) is 0 Å². The van der Waals surface area contributed by atoms with Crippen molar-refractivity contribution in [2.24, 2.45) is 0 Å². The molecule has 2 rings (SSSR count). The minimum absolute atomic E-state index is 0.0484. The van der Waals surface area contributed by atoms with Gasteiger partial charge in [-0.1, -0.05) is 5.16 Å². The molecule has 0 fully saturated rings. The van der Waals surface area contributed by atoms with Crippen molar-refractivity contribution < 1.29 is 17.7 Å². The zero-order valence-corrected chi connectivity index (χ0v) is 8.32. The quantitative estimate of drug-likeness (QED) is 0.818. The second kappa shape index (κ2) is 4.49. The van der Waals surface area contributed by atoms with Crippen LogP contribution in [0.15, 0.2) is 10.7 Å². The number of hydrogen-bond acceptors (Lipinski definition) is 6.